The summed E-state index contributed by atoms with van der Waals surface area (Å²) in [7, 11) is 1.88. The number of benzene rings is 1. The lowest BCUT2D eigenvalue weighted by Crippen LogP contribution is -2.47. The molecule has 6 nitrogen and oxygen atoms in total. The number of hydrazine groups is 1. The summed E-state index contributed by atoms with van der Waals surface area (Å²) in [6, 6.07) is 7.25. The zero-order valence-corrected chi connectivity index (χ0v) is 13.7. The van der Waals surface area contributed by atoms with Crippen molar-refractivity contribution in [2.45, 2.75) is 32.6 Å². The molecule has 0 radical (unpaired) electrons. The third-order valence-electron chi connectivity index (χ3n) is 3.75. The quantitative estimate of drug-likeness (QED) is 0.566. The van der Waals surface area contributed by atoms with Crippen LogP contribution in [0.2, 0.25) is 0 Å². The number of aromatic nitrogens is 1. The number of carbonyl (C=O) groups is 2. The Bertz CT molecular complexity index is 678. The highest BCUT2D eigenvalue weighted by Gasteiger charge is 2.13. The van der Waals surface area contributed by atoms with Gasteiger partial charge in [0.05, 0.1) is 5.56 Å². The van der Waals surface area contributed by atoms with Gasteiger partial charge in [0.2, 0.25) is 0 Å². The van der Waals surface area contributed by atoms with Gasteiger partial charge >= 0.3 is 6.03 Å². The van der Waals surface area contributed by atoms with Gasteiger partial charge < -0.3 is 9.88 Å². The predicted octanol–water partition coefficient (Wildman–Crippen LogP) is 2.70. The van der Waals surface area contributed by atoms with Crippen molar-refractivity contribution in [2.24, 2.45) is 7.05 Å². The van der Waals surface area contributed by atoms with E-state index < -0.39 is 6.03 Å². The van der Waals surface area contributed by atoms with Crippen molar-refractivity contribution < 1.29 is 9.59 Å². The third kappa shape index (κ3) is 4.48. The molecule has 1 aromatic heterocycles. The van der Waals surface area contributed by atoms with Crippen LogP contribution in [0.5, 0.6) is 0 Å². The minimum Gasteiger partial charge on any atom is -0.350 e. The molecule has 2 rings (SSSR count). The molecule has 23 heavy (non-hydrogen) atoms. The number of fused-ring (bicyclic) bond motifs is 1. The zero-order valence-electron chi connectivity index (χ0n) is 13.7. The fourth-order valence-corrected chi connectivity index (χ4v) is 2.50. The fourth-order valence-electron chi connectivity index (χ4n) is 2.50. The Kier molecular flexibility index (Phi) is 6.02. The van der Waals surface area contributed by atoms with Gasteiger partial charge in [-0.1, -0.05) is 44.4 Å². The Morgan fingerprint density at radius 1 is 1.09 bits per heavy atom. The van der Waals surface area contributed by atoms with Crippen LogP contribution in [0.4, 0.5) is 4.79 Å². The van der Waals surface area contributed by atoms with Crippen LogP contribution in [0.25, 0.3) is 10.9 Å². The van der Waals surface area contributed by atoms with Crippen LogP contribution in [0.15, 0.2) is 30.5 Å². The molecule has 3 N–H and O–H groups in total. The first-order valence-electron chi connectivity index (χ1n) is 8.01. The lowest BCUT2D eigenvalue weighted by atomic mass is 10.2. The zero-order chi connectivity index (χ0) is 16.7. The second-order valence-corrected chi connectivity index (χ2v) is 5.57. The summed E-state index contributed by atoms with van der Waals surface area (Å²) in [5.74, 6) is -0.331. The van der Waals surface area contributed by atoms with Gasteiger partial charge in [-0.05, 0) is 12.5 Å². The van der Waals surface area contributed by atoms with Crippen LogP contribution in [-0.4, -0.2) is 23.1 Å². The van der Waals surface area contributed by atoms with E-state index >= 15 is 0 Å². The Morgan fingerprint density at radius 2 is 1.87 bits per heavy atom. The van der Waals surface area contributed by atoms with E-state index in [0.717, 1.165) is 30.2 Å². The minimum absolute atomic E-state index is 0.331. The molecule has 1 aromatic carbocycles. The topological polar surface area (TPSA) is 75.2 Å². The van der Waals surface area contributed by atoms with Crippen molar-refractivity contribution in [3.05, 3.63) is 36.0 Å². The molecule has 124 valence electrons. The third-order valence-corrected chi connectivity index (χ3v) is 3.75. The molecular formula is C17H24N4O2. The second kappa shape index (κ2) is 8.22. The SMILES string of the molecule is CCCCCCNC(=O)NNC(=O)c1cn(C)c2ccccc12. The number of amides is 3. The summed E-state index contributed by atoms with van der Waals surface area (Å²) in [5.41, 5.74) is 6.33. The molecule has 0 aliphatic carbocycles. The first-order chi connectivity index (χ1) is 11.1. The van der Waals surface area contributed by atoms with E-state index in [2.05, 4.69) is 23.1 Å². The molecular weight excluding hydrogens is 292 g/mol. The highest BCUT2D eigenvalue weighted by Crippen LogP contribution is 2.19. The van der Waals surface area contributed by atoms with Crippen LogP contribution in [-0.2, 0) is 7.05 Å². The van der Waals surface area contributed by atoms with Crippen LogP contribution in [0, 0.1) is 0 Å². The maximum atomic E-state index is 12.2. The second-order valence-electron chi connectivity index (χ2n) is 5.57. The van der Waals surface area contributed by atoms with Gasteiger partial charge in [-0.2, -0.15) is 0 Å². The maximum absolute atomic E-state index is 12.2. The number of hydrogen-bond acceptors (Lipinski definition) is 2. The van der Waals surface area contributed by atoms with Crippen LogP contribution in [0.1, 0.15) is 43.0 Å². The number of carbonyl (C=O) groups excluding carboxylic acids is 2. The van der Waals surface area contributed by atoms with Gasteiger partial charge in [0, 0.05) is 30.7 Å². The number of nitrogens with zero attached hydrogens (tertiary/aromatic N) is 1. The number of rotatable bonds is 6. The summed E-state index contributed by atoms with van der Waals surface area (Å²) in [4.78, 5) is 23.9. The van der Waals surface area contributed by atoms with Crippen LogP contribution < -0.4 is 16.2 Å². The van der Waals surface area contributed by atoms with E-state index in [0.29, 0.717) is 12.1 Å². The minimum atomic E-state index is -0.393. The molecule has 0 atom stereocenters. The molecule has 0 aliphatic rings. The normalized spacial score (nSPS) is 10.5. The summed E-state index contributed by atoms with van der Waals surface area (Å²) >= 11 is 0. The molecule has 1 heterocycles. The lowest BCUT2D eigenvalue weighted by molar-refractivity contribution is 0.0937. The molecule has 0 aliphatic heterocycles. The van der Waals surface area contributed by atoms with Crippen LogP contribution in [0.3, 0.4) is 0 Å². The number of urea groups is 1. The standard InChI is InChI=1S/C17H24N4O2/c1-3-4-5-8-11-18-17(23)20-19-16(22)14-12-21(2)15-10-7-6-9-13(14)15/h6-7,9-10,12H,3-5,8,11H2,1-2H3,(H,19,22)(H2,18,20,23). The van der Waals surface area contributed by atoms with E-state index in [4.69, 9.17) is 0 Å². The van der Waals surface area contributed by atoms with Crippen molar-refractivity contribution in [2.75, 3.05) is 6.54 Å². The highest BCUT2D eigenvalue weighted by atomic mass is 16.2. The molecule has 0 bridgehead atoms. The van der Waals surface area contributed by atoms with Crippen molar-refractivity contribution in [3.63, 3.8) is 0 Å². The lowest BCUT2D eigenvalue weighted by Gasteiger charge is -2.08. The monoisotopic (exact) mass is 316 g/mol. The van der Waals surface area contributed by atoms with E-state index in [-0.39, 0.29) is 5.91 Å². The average molecular weight is 316 g/mol. The Hall–Kier alpha value is -2.50. The van der Waals surface area contributed by atoms with Gasteiger partial charge in [-0.15, -0.1) is 0 Å². The number of unbranched alkanes of at least 4 members (excludes halogenated alkanes) is 3. The Morgan fingerprint density at radius 3 is 2.65 bits per heavy atom. The first-order valence-corrected chi connectivity index (χ1v) is 8.01. The average Bonchev–Trinajstić information content (AvgIpc) is 2.90. The van der Waals surface area contributed by atoms with Gasteiger partial charge in [0.25, 0.3) is 5.91 Å². The summed E-state index contributed by atoms with van der Waals surface area (Å²) < 4.78 is 1.89. The molecule has 6 heteroatoms. The van der Waals surface area contributed by atoms with Crippen molar-refractivity contribution in [1.82, 2.24) is 20.7 Å². The van der Waals surface area contributed by atoms with E-state index in [1.165, 1.54) is 6.42 Å². The van der Waals surface area contributed by atoms with Gasteiger partial charge in [0.1, 0.15) is 0 Å². The summed E-state index contributed by atoms with van der Waals surface area (Å²) in [6.45, 7) is 2.75. The highest BCUT2D eigenvalue weighted by molar-refractivity contribution is 6.07. The Balaban J connectivity index is 1.83. The van der Waals surface area contributed by atoms with Crippen molar-refractivity contribution in [1.29, 1.82) is 0 Å². The van der Waals surface area contributed by atoms with E-state index in [9.17, 15) is 9.59 Å². The number of nitrogens with one attached hydrogen (secondary N) is 3. The number of hydrogen-bond donors (Lipinski definition) is 3. The van der Waals surface area contributed by atoms with Gasteiger partial charge in [0.15, 0.2) is 0 Å². The fraction of sp³-hybridized carbons (Fsp3) is 0.412. The Labute approximate surface area is 136 Å². The largest absolute Gasteiger partial charge is 0.350 e. The van der Waals surface area contributed by atoms with E-state index in [1.807, 2.05) is 35.9 Å². The molecule has 0 unspecified atom stereocenters. The van der Waals surface area contributed by atoms with Crippen molar-refractivity contribution >= 4 is 22.8 Å². The molecule has 0 fully saturated rings. The van der Waals surface area contributed by atoms with Crippen LogP contribution >= 0.6 is 0 Å². The van der Waals surface area contributed by atoms with Gasteiger partial charge in [-0.25, -0.2) is 10.2 Å². The smallest absolute Gasteiger partial charge is 0.333 e. The molecule has 2 aromatic rings. The molecule has 0 saturated heterocycles. The summed E-state index contributed by atoms with van der Waals surface area (Å²) in [5, 5.41) is 3.58. The van der Waals surface area contributed by atoms with E-state index in [1.54, 1.807) is 6.20 Å². The number of para-hydroxylation sites is 1. The summed E-state index contributed by atoms with van der Waals surface area (Å²) in [6.07, 6.45) is 6.12. The predicted molar refractivity (Wildman–Crippen MR) is 91.1 cm³/mol. The molecule has 3 amide bonds. The molecule has 0 saturated carbocycles. The number of aryl methyl sites for hydroxylation is 1. The van der Waals surface area contributed by atoms with Crippen molar-refractivity contribution in [3.8, 4) is 0 Å². The first kappa shape index (κ1) is 16.9. The molecule has 0 spiro atoms. The maximum Gasteiger partial charge on any atom is 0.333 e. The van der Waals surface area contributed by atoms with Gasteiger partial charge in [-0.3, -0.25) is 10.2 Å².